The van der Waals surface area contributed by atoms with E-state index in [2.05, 4.69) is 6.92 Å². The van der Waals surface area contributed by atoms with Crippen LogP contribution in [0.1, 0.15) is 32.6 Å². The zero-order valence-corrected chi connectivity index (χ0v) is 7.25. The third kappa shape index (κ3) is 0.959. The Morgan fingerprint density at radius 1 is 1.58 bits per heavy atom. The molecule has 68 valence electrons. The minimum Gasteiger partial charge on any atom is -0.479 e. The van der Waals surface area contributed by atoms with E-state index in [1.165, 1.54) is 6.42 Å². The molecule has 3 atom stereocenters. The number of rotatable bonds is 1. The van der Waals surface area contributed by atoms with Crippen LogP contribution in [0.25, 0.3) is 0 Å². The summed E-state index contributed by atoms with van der Waals surface area (Å²) in [6, 6.07) is 0. The van der Waals surface area contributed by atoms with Crippen molar-refractivity contribution in [1.82, 2.24) is 0 Å². The molecule has 0 aromatic rings. The fraction of sp³-hybridized carbons (Fsp3) is 0.889. The van der Waals surface area contributed by atoms with Crippen molar-refractivity contribution >= 4 is 5.97 Å². The highest BCUT2D eigenvalue weighted by molar-refractivity contribution is 5.77. The molecule has 1 N–H and O–H groups in total. The number of hydrogen-bond acceptors (Lipinski definition) is 2. The summed E-state index contributed by atoms with van der Waals surface area (Å²) >= 11 is 0. The number of carbonyl (C=O) groups is 1. The van der Waals surface area contributed by atoms with Gasteiger partial charge < -0.3 is 9.84 Å². The first-order valence-corrected chi connectivity index (χ1v) is 4.57. The van der Waals surface area contributed by atoms with Gasteiger partial charge in [-0.1, -0.05) is 19.8 Å². The maximum absolute atomic E-state index is 10.7. The van der Waals surface area contributed by atoms with Gasteiger partial charge in [0.2, 0.25) is 0 Å². The number of hydrogen-bond donors (Lipinski definition) is 1. The van der Waals surface area contributed by atoms with Gasteiger partial charge in [-0.25, -0.2) is 4.79 Å². The maximum Gasteiger partial charge on any atom is 0.335 e. The number of carboxylic acids is 1. The summed E-state index contributed by atoms with van der Waals surface area (Å²) in [4.78, 5) is 10.7. The maximum atomic E-state index is 10.7. The molecule has 1 heterocycles. The SMILES string of the molecule is CC1CCCCC12OC2C(=O)O. The van der Waals surface area contributed by atoms with Gasteiger partial charge in [-0.15, -0.1) is 0 Å². The van der Waals surface area contributed by atoms with E-state index in [0.717, 1.165) is 19.3 Å². The molecule has 3 heteroatoms. The lowest BCUT2D eigenvalue weighted by atomic mass is 9.78. The van der Waals surface area contributed by atoms with Crippen LogP contribution in [0.2, 0.25) is 0 Å². The van der Waals surface area contributed by atoms with E-state index in [1.807, 2.05) is 0 Å². The fourth-order valence-electron chi connectivity index (χ4n) is 2.35. The van der Waals surface area contributed by atoms with Crippen LogP contribution in [-0.4, -0.2) is 22.8 Å². The van der Waals surface area contributed by atoms with Crippen molar-refractivity contribution in [2.75, 3.05) is 0 Å². The van der Waals surface area contributed by atoms with Gasteiger partial charge in [0, 0.05) is 0 Å². The summed E-state index contributed by atoms with van der Waals surface area (Å²) in [5.41, 5.74) is -0.274. The zero-order valence-electron chi connectivity index (χ0n) is 7.25. The Morgan fingerprint density at radius 2 is 2.33 bits per heavy atom. The minimum absolute atomic E-state index is 0.274. The number of aliphatic carboxylic acids is 1. The number of ether oxygens (including phenoxy) is 1. The predicted molar refractivity (Wildman–Crippen MR) is 42.9 cm³/mol. The Morgan fingerprint density at radius 3 is 2.83 bits per heavy atom. The lowest BCUT2D eigenvalue weighted by Crippen LogP contribution is -2.31. The van der Waals surface area contributed by atoms with Crippen LogP contribution < -0.4 is 0 Å². The molecule has 1 spiro atoms. The summed E-state index contributed by atoms with van der Waals surface area (Å²) in [6.45, 7) is 2.10. The Hall–Kier alpha value is -0.570. The highest BCUT2D eigenvalue weighted by Gasteiger charge is 2.63. The second-order valence-corrected chi connectivity index (χ2v) is 3.94. The van der Waals surface area contributed by atoms with E-state index in [4.69, 9.17) is 9.84 Å². The first kappa shape index (κ1) is 8.05. The molecular formula is C9H14O3. The van der Waals surface area contributed by atoms with Gasteiger partial charge in [-0.3, -0.25) is 0 Å². The molecule has 0 bridgehead atoms. The van der Waals surface area contributed by atoms with Gasteiger partial charge in [0.05, 0.1) is 0 Å². The Labute approximate surface area is 71.7 Å². The van der Waals surface area contributed by atoms with E-state index >= 15 is 0 Å². The average Bonchev–Trinajstić information content (AvgIpc) is 2.72. The Kier molecular flexibility index (Phi) is 1.65. The molecule has 0 aromatic carbocycles. The molecular weight excluding hydrogens is 156 g/mol. The van der Waals surface area contributed by atoms with Crippen molar-refractivity contribution in [2.45, 2.75) is 44.3 Å². The Bertz CT molecular complexity index is 214. The quantitative estimate of drug-likeness (QED) is 0.605. The molecule has 3 nitrogen and oxygen atoms in total. The topological polar surface area (TPSA) is 49.8 Å². The second kappa shape index (κ2) is 2.46. The summed E-state index contributed by atoms with van der Waals surface area (Å²) in [7, 11) is 0. The van der Waals surface area contributed by atoms with Crippen LogP contribution in [0.4, 0.5) is 0 Å². The van der Waals surface area contributed by atoms with E-state index in [9.17, 15) is 4.79 Å². The standard InChI is InChI=1S/C9H14O3/c1-6-4-2-3-5-9(6)7(12-9)8(10)11/h6-7H,2-5H2,1H3,(H,10,11). The van der Waals surface area contributed by atoms with Crippen molar-refractivity contribution in [3.8, 4) is 0 Å². The molecule has 2 fully saturated rings. The highest BCUT2D eigenvalue weighted by Crippen LogP contribution is 2.51. The average molecular weight is 170 g/mol. The van der Waals surface area contributed by atoms with Crippen LogP contribution in [0.15, 0.2) is 0 Å². The number of epoxide rings is 1. The molecule has 1 aliphatic heterocycles. The summed E-state index contributed by atoms with van der Waals surface area (Å²) < 4.78 is 5.32. The molecule has 0 aromatic heterocycles. The molecule has 3 unspecified atom stereocenters. The first-order valence-electron chi connectivity index (χ1n) is 4.57. The van der Waals surface area contributed by atoms with Crippen molar-refractivity contribution in [1.29, 1.82) is 0 Å². The van der Waals surface area contributed by atoms with Crippen molar-refractivity contribution in [2.24, 2.45) is 5.92 Å². The lowest BCUT2D eigenvalue weighted by molar-refractivity contribution is -0.138. The highest BCUT2D eigenvalue weighted by atomic mass is 16.6. The van der Waals surface area contributed by atoms with Gasteiger partial charge in [-0.05, 0) is 18.8 Å². The largest absolute Gasteiger partial charge is 0.479 e. The normalized spacial score (nSPS) is 46.1. The molecule has 1 saturated heterocycles. The van der Waals surface area contributed by atoms with Crippen LogP contribution in [0.3, 0.4) is 0 Å². The summed E-state index contributed by atoms with van der Waals surface area (Å²) in [5, 5.41) is 8.76. The third-order valence-electron chi connectivity index (χ3n) is 3.24. The van der Waals surface area contributed by atoms with Crippen LogP contribution in [-0.2, 0) is 9.53 Å². The number of carboxylic acid groups (broad SMARTS) is 1. The van der Waals surface area contributed by atoms with E-state index in [1.54, 1.807) is 0 Å². The van der Waals surface area contributed by atoms with Crippen LogP contribution >= 0.6 is 0 Å². The molecule has 0 amide bonds. The second-order valence-electron chi connectivity index (χ2n) is 3.94. The first-order chi connectivity index (χ1) is 5.67. The van der Waals surface area contributed by atoms with Gasteiger partial charge in [0.1, 0.15) is 5.60 Å². The minimum atomic E-state index is -0.788. The van der Waals surface area contributed by atoms with Crippen molar-refractivity contribution in [3.63, 3.8) is 0 Å². The smallest absolute Gasteiger partial charge is 0.335 e. The van der Waals surface area contributed by atoms with E-state index in [-0.39, 0.29) is 5.60 Å². The fourth-order valence-corrected chi connectivity index (χ4v) is 2.35. The molecule has 2 aliphatic rings. The summed E-state index contributed by atoms with van der Waals surface area (Å²) in [6.07, 6.45) is 3.88. The third-order valence-corrected chi connectivity index (χ3v) is 3.24. The van der Waals surface area contributed by atoms with Crippen molar-refractivity contribution < 1.29 is 14.6 Å². The van der Waals surface area contributed by atoms with Crippen LogP contribution in [0.5, 0.6) is 0 Å². The zero-order chi connectivity index (χ0) is 8.77. The molecule has 1 aliphatic carbocycles. The van der Waals surface area contributed by atoms with E-state index in [0.29, 0.717) is 5.92 Å². The van der Waals surface area contributed by atoms with E-state index < -0.39 is 12.1 Å². The van der Waals surface area contributed by atoms with Crippen LogP contribution in [0, 0.1) is 5.92 Å². The van der Waals surface area contributed by atoms with Gasteiger partial charge in [0.15, 0.2) is 6.10 Å². The van der Waals surface area contributed by atoms with Gasteiger partial charge in [-0.2, -0.15) is 0 Å². The van der Waals surface area contributed by atoms with Crippen molar-refractivity contribution in [3.05, 3.63) is 0 Å². The lowest BCUT2D eigenvalue weighted by Gasteiger charge is -2.25. The predicted octanol–water partition coefficient (Wildman–Crippen LogP) is 1.42. The molecule has 2 rings (SSSR count). The Balaban J connectivity index is 2.07. The monoisotopic (exact) mass is 170 g/mol. The molecule has 1 saturated carbocycles. The van der Waals surface area contributed by atoms with Gasteiger partial charge >= 0.3 is 5.97 Å². The van der Waals surface area contributed by atoms with Gasteiger partial charge in [0.25, 0.3) is 0 Å². The summed E-state index contributed by atoms with van der Waals surface area (Å²) in [5.74, 6) is -0.365. The molecule has 0 radical (unpaired) electrons. The molecule has 12 heavy (non-hydrogen) atoms.